The average molecular weight is 430 g/mol. The summed E-state index contributed by atoms with van der Waals surface area (Å²) in [7, 11) is 0. The van der Waals surface area contributed by atoms with Gasteiger partial charge in [0.05, 0.1) is 11.6 Å². The summed E-state index contributed by atoms with van der Waals surface area (Å²) in [5.74, 6) is -0.0826. The number of amides is 1. The zero-order valence-corrected chi connectivity index (χ0v) is 16.7. The fourth-order valence-corrected chi connectivity index (χ4v) is 3.06. The minimum atomic E-state index is -4.45. The van der Waals surface area contributed by atoms with E-state index in [1.54, 1.807) is 0 Å². The molecule has 0 saturated carbocycles. The number of nitrogens with one attached hydrogen (secondary N) is 2. The van der Waals surface area contributed by atoms with Gasteiger partial charge in [-0.1, -0.05) is 48.5 Å². The molecule has 9 heteroatoms. The number of hydrogen-bond acceptors (Lipinski definition) is 4. The van der Waals surface area contributed by atoms with Gasteiger partial charge in [-0.05, 0) is 24.1 Å². The number of carbonyl (C=O) groups excluding carboxylic acids is 1. The summed E-state index contributed by atoms with van der Waals surface area (Å²) in [6.45, 7) is 1.86. The summed E-state index contributed by atoms with van der Waals surface area (Å²) < 4.78 is 38.5. The van der Waals surface area contributed by atoms with Crippen molar-refractivity contribution in [3.8, 4) is 0 Å². The zero-order valence-electron chi connectivity index (χ0n) is 16.7. The monoisotopic (exact) mass is 430 g/mol. The Morgan fingerprint density at radius 2 is 1.84 bits per heavy atom. The van der Waals surface area contributed by atoms with E-state index >= 15 is 0 Å². The summed E-state index contributed by atoms with van der Waals surface area (Å²) >= 11 is 0. The SMILES string of the molecule is CC(NC(=O)CCc1nnc(Cc2cccc(C(F)(F)F)c2)[nH]c1=O)c1ccccc1. The second kappa shape index (κ2) is 9.55. The molecule has 0 radical (unpaired) electrons. The lowest BCUT2D eigenvalue weighted by Crippen LogP contribution is -2.28. The molecule has 0 saturated heterocycles. The Balaban J connectivity index is 1.58. The number of aromatic nitrogens is 3. The van der Waals surface area contributed by atoms with Crippen molar-refractivity contribution in [1.82, 2.24) is 20.5 Å². The van der Waals surface area contributed by atoms with Crippen LogP contribution in [0.1, 0.15) is 47.6 Å². The van der Waals surface area contributed by atoms with Crippen LogP contribution in [0.3, 0.4) is 0 Å². The molecule has 2 aromatic carbocycles. The highest BCUT2D eigenvalue weighted by molar-refractivity contribution is 5.76. The minimum Gasteiger partial charge on any atom is -0.350 e. The van der Waals surface area contributed by atoms with Crippen LogP contribution in [0.25, 0.3) is 0 Å². The maximum absolute atomic E-state index is 12.8. The number of carbonyl (C=O) groups is 1. The molecule has 0 aliphatic carbocycles. The van der Waals surface area contributed by atoms with Crippen LogP contribution in [0, 0.1) is 0 Å². The van der Waals surface area contributed by atoms with Crippen LogP contribution in [0.2, 0.25) is 0 Å². The number of halogens is 3. The zero-order chi connectivity index (χ0) is 22.4. The number of H-pyrrole nitrogens is 1. The molecule has 31 heavy (non-hydrogen) atoms. The quantitative estimate of drug-likeness (QED) is 0.600. The van der Waals surface area contributed by atoms with E-state index in [4.69, 9.17) is 0 Å². The van der Waals surface area contributed by atoms with Gasteiger partial charge in [0, 0.05) is 19.3 Å². The largest absolute Gasteiger partial charge is 0.416 e. The lowest BCUT2D eigenvalue weighted by atomic mass is 10.1. The molecule has 0 fully saturated rings. The summed E-state index contributed by atoms with van der Waals surface area (Å²) in [5, 5.41) is 10.6. The maximum Gasteiger partial charge on any atom is 0.416 e. The standard InChI is InChI=1S/C22H21F3N4O2/c1-14(16-7-3-2-4-8-16)26-20(30)11-10-18-21(31)27-19(29-28-18)13-15-6-5-9-17(12-15)22(23,24)25/h2-9,12,14H,10-11,13H2,1H3,(H,26,30)(H,27,29,31). The molecule has 0 aliphatic rings. The second-order valence-corrected chi connectivity index (χ2v) is 7.12. The molecule has 162 valence electrons. The molecule has 3 aromatic rings. The van der Waals surface area contributed by atoms with Gasteiger partial charge < -0.3 is 10.3 Å². The Morgan fingerprint density at radius 3 is 2.52 bits per heavy atom. The third-order valence-corrected chi connectivity index (χ3v) is 4.70. The molecule has 1 atom stereocenters. The Bertz CT molecular complexity index is 1100. The van der Waals surface area contributed by atoms with Gasteiger partial charge >= 0.3 is 6.18 Å². The van der Waals surface area contributed by atoms with E-state index in [1.165, 1.54) is 12.1 Å². The highest BCUT2D eigenvalue weighted by atomic mass is 19.4. The number of benzene rings is 2. The number of alkyl halides is 3. The number of nitrogens with zero attached hydrogens (tertiary/aromatic N) is 2. The number of hydrogen-bond donors (Lipinski definition) is 2. The van der Waals surface area contributed by atoms with Crippen molar-refractivity contribution >= 4 is 5.91 Å². The average Bonchev–Trinajstić information content (AvgIpc) is 2.73. The van der Waals surface area contributed by atoms with Crippen molar-refractivity contribution in [2.45, 2.75) is 38.4 Å². The van der Waals surface area contributed by atoms with Crippen LogP contribution in [0.15, 0.2) is 59.4 Å². The molecule has 0 bridgehead atoms. The summed E-state index contributed by atoms with van der Waals surface area (Å²) in [5.41, 5.74) is 0.123. The van der Waals surface area contributed by atoms with Crippen molar-refractivity contribution < 1.29 is 18.0 Å². The van der Waals surface area contributed by atoms with E-state index in [0.29, 0.717) is 5.56 Å². The van der Waals surface area contributed by atoms with E-state index in [9.17, 15) is 22.8 Å². The smallest absolute Gasteiger partial charge is 0.350 e. The topological polar surface area (TPSA) is 87.7 Å². The summed E-state index contributed by atoms with van der Waals surface area (Å²) in [4.78, 5) is 26.9. The Morgan fingerprint density at radius 1 is 1.10 bits per heavy atom. The van der Waals surface area contributed by atoms with Gasteiger partial charge in [-0.2, -0.15) is 13.2 Å². The van der Waals surface area contributed by atoms with E-state index in [0.717, 1.165) is 17.7 Å². The molecular weight excluding hydrogens is 409 g/mol. The van der Waals surface area contributed by atoms with Gasteiger partial charge in [-0.15, -0.1) is 10.2 Å². The molecule has 1 aromatic heterocycles. The third kappa shape index (κ3) is 6.24. The third-order valence-electron chi connectivity index (χ3n) is 4.70. The lowest BCUT2D eigenvalue weighted by Gasteiger charge is -2.14. The first-order valence-electron chi connectivity index (χ1n) is 9.67. The van der Waals surface area contributed by atoms with Crippen molar-refractivity contribution in [3.05, 3.63) is 93.2 Å². The second-order valence-electron chi connectivity index (χ2n) is 7.12. The Hall–Kier alpha value is -3.49. The van der Waals surface area contributed by atoms with E-state index in [1.807, 2.05) is 37.3 Å². The van der Waals surface area contributed by atoms with E-state index in [2.05, 4.69) is 20.5 Å². The fourth-order valence-electron chi connectivity index (χ4n) is 3.06. The van der Waals surface area contributed by atoms with Crippen LogP contribution < -0.4 is 10.9 Å². The van der Waals surface area contributed by atoms with Crippen molar-refractivity contribution in [3.63, 3.8) is 0 Å². The van der Waals surface area contributed by atoms with Crippen LogP contribution in [-0.4, -0.2) is 21.1 Å². The first-order valence-corrected chi connectivity index (χ1v) is 9.67. The predicted molar refractivity (Wildman–Crippen MR) is 108 cm³/mol. The number of rotatable bonds is 7. The number of aromatic amines is 1. The molecule has 0 spiro atoms. The molecule has 1 unspecified atom stereocenters. The first-order chi connectivity index (χ1) is 14.7. The molecule has 6 nitrogen and oxygen atoms in total. The first kappa shape index (κ1) is 22.2. The van der Waals surface area contributed by atoms with Crippen LogP contribution in [0.5, 0.6) is 0 Å². The van der Waals surface area contributed by atoms with Gasteiger partial charge in [-0.25, -0.2) is 0 Å². The van der Waals surface area contributed by atoms with Crippen molar-refractivity contribution in [2.24, 2.45) is 0 Å². The van der Waals surface area contributed by atoms with Crippen molar-refractivity contribution in [2.75, 3.05) is 0 Å². The normalized spacial score (nSPS) is 12.4. The van der Waals surface area contributed by atoms with Gasteiger partial charge in [-0.3, -0.25) is 9.59 Å². The molecule has 1 heterocycles. The molecule has 0 aliphatic heterocycles. The highest BCUT2D eigenvalue weighted by Crippen LogP contribution is 2.29. The fraction of sp³-hybridized carbons (Fsp3) is 0.273. The number of aryl methyl sites for hydroxylation is 1. The van der Waals surface area contributed by atoms with E-state index < -0.39 is 17.3 Å². The molecule has 2 N–H and O–H groups in total. The van der Waals surface area contributed by atoms with Crippen molar-refractivity contribution in [1.29, 1.82) is 0 Å². The summed E-state index contributed by atoms with van der Waals surface area (Å²) in [6.07, 6.45) is -4.29. The maximum atomic E-state index is 12.8. The Labute approximate surface area is 176 Å². The predicted octanol–water partition coefficient (Wildman–Crippen LogP) is 3.58. The van der Waals surface area contributed by atoms with Crippen LogP contribution >= 0.6 is 0 Å². The van der Waals surface area contributed by atoms with Gasteiger partial charge in [0.15, 0.2) is 0 Å². The van der Waals surface area contributed by atoms with Crippen LogP contribution in [0.4, 0.5) is 13.2 Å². The minimum absolute atomic E-state index is 0.00150. The summed E-state index contributed by atoms with van der Waals surface area (Å²) in [6, 6.07) is 14.1. The molecule has 3 rings (SSSR count). The van der Waals surface area contributed by atoms with Gasteiger partial charge in [0.1, 0.15) is 11.5 Å². The highest BCUT2D eigenvalue weighted by Gasteiger charge is 2.30. The van der Waals surface area contributed by atoms with E-state index in [-0.39, 0.29) is 42.7 Å². The lowest BCUT2D eigenvalue weighted by molar-refractivity contribution is -0.137. The van der Waals surface area contributed by atoms with Gasteiger partial charge in [0.25, 0.3) is 5.56 Å². The Kier molecular flexibility index (Phi) is 6.84. The molecule has 1 amide bonds. The molecular formula is C22H21F3N4O2. The van der Waals surface area contributed by atoms with Gasteiger partial charge in [0.2, 0.25) is 5.91 Å². The van der Waals surface area contributed by atoms with Crippen LogP contribution in [-0.2, 0) is 23.8 Å².